The first-order valence-corrected chi connectivity index (χ1v) is 8.61. The molecule has 2 aromatic rings. The summed E-state index contributed by atoms with van der Waals surface area (Å²) in [5, 5.41) is 6.53. The van der Waals surface area contributed by atoms with Crippen LogP contribution < -0.4 is 15.4 Å². The molecular formula is C19H26FIN4O. The Balaban J connectivity index is 0.00000338. The maximum Gasteiger partial charge on any atom is 0.219 e. The molecule has 1 aromatic heterocycles. The average Bonchev–Trinajstić information content (AvgIpc) is 2.63. The maximum absolute atomic E-state index is 12.9. The summed E-state index contributed by atoms with van der Waals surface area (Å²) in [6, 6.07) is 9.55. The minimum Gasteiger partial charge on any atom is -0.439 e. The van der Waals surface area contributed by atoms with Gasteiger partial charge in [-0.25, -0.2) is 14.4 Å². The Morgan fingerprint density at radius 2 is 1.88 bits per heavy atom. The molecule has 0 amide bonds. The van der Waals surface area contributed by atoms with E-state index in [2.05, 4.69) is 27.5 Å². The van der Waals surface area contributed by atoms with E-state index in [1.165, 1.54) is 12.1 Å². The number of aromatic nitrogens is 1. The van der Waals surface area contributed by atoms with Crippen LogP contribution in [-0.2, 0) is 6.54 Å². The van der Waals surface area contributed by atoms with E-state index >= 15 is 0 Å². The molecule has 0 atom stereocenters. The van der Waals surface area contributed by atoms with E-state index in [1.54, 1.807) is 24.4 Å². The predicted molar refractivity (Wildman–Crippen MR) is 114 cm³/mol. The van der Waals surface area contributed by atoms with E-state index in [1.807, 2.05) is 13.0 Å². The van der Waals surface area contributed by atoms with Gasteiger partial charge in [0.15, 0.2) is 5.96 Å². The fraction of sp³-hybridized carbons (Fsp3) is 0.368. The lowest BCUT2D eigenvalue weighted by Gasteiger charge is -2.10. The molecule has 2 N–H and O–H groups in total. The van der Waals surface area contributed by atoms with Gasteiger partial charge in [0.05, 0.1) is 6.54 Å². The topological polar surface area (TPSA) is 58.5 Å². The Labute approximate surface area is 171 Å². The molecule has 0 bridgehead atoms. The minimum absolute atomic E-state index is 0. The Morgan fingerprint density at radius 3 is 2.50 bits per heavy atom. The van der Waals surface area contributed by atoms with Crippen molar-refractivity contribution in [3.63, 3.8) is 0 Å². The van der Waals surface area contributed by atoms with Crippen LogP contribution in [0, 0.1) is 5.82 Å². The SMILES string of the molecule is CCCCNC(=NCc1ccc(Oc2ccc(F)cc2)nc1)NCC.I. The van der Waals surface area contributed by atoms with Crippen LogP contribution in [0.1, 0.15) is 32.3 Å². The van der Waals surface area contributed by atoms with Gasteiger partial charge in [-0.15, -0.1) is 24.0 Å². The number of benzene rings is 1. The summed E-state index contributed by atoms with van der Waals surface area (Å²) in [6.07, 6.45) is 3.99. The monoisotopic (exact) mass is 472 g/mol. The third kappa shape index (κ3) is 7.99. The highest BCUT2D eigenvalue weighted by molar-refractivity contribution is 14.0. The highest BCUT2D eigenvalue weighted by atomic mass is 127. The third-order valence-corrected chi connectivity index (χ3v) is 3.42. The zero-order valence-corrected chi connectivity index (χ0v) is 17.5. The van der Waals surface area contributed by atoms with Crippen molar-refractivity contribution < 1.29 is 9.13 Å². The second kappa shape index (κ2) is 12.5. The summed E-state index contributed by atoms with van der Waals surface area (Å²) >= 11 is 0. The summed E-state index contributed by atoms with van der Waals surface area (Å²) in [6.45, 7) is 6.46. The molecule has 142 valence electrons. The number of halogens is 2. The lowest BCUT2D eigenvalue weighted by Crippen LogP contribution is -2.37. The van der Waals surface area contributed by atoms with Crippen molar-refractivity contribution >= 4 is 29.9 Å². The Morgan fingerprint density at radius 1 is 1.12 bits per heavy atom. The van der Waals surface area contributed by atoms with E-state index in [9.17, 15) is 4.39 Å². The van der Waals surface area contributed by atoms with Crippen LogP contribution in [0.3, 0.4) is 0 Å². The van der Waals surface area contributed by atoms with E-state index in [-0.39, 0.29) is 29.8 Å². The molecule has 0 saturated carbocycles. The third-order valence-electron chi connectivity index (χ3n) is 3.42. The van der Waals surface area contributed by atoms with E-state index in [4.69, 9.17) is 4.74 Å². The number of ether oxygens (including phenoxy) is 1. The summed E-state index contributed by atoms with van der Waals surface area (Å²) < 4.78 is 18.5. The second-order valence-electron chi connectivity index (χ2n) is 5.54. The van der Waals surface area contributed by atoms with Gasteiger partial charge in [-0.1, -0.05) is 19.4 Å². The van der Waals surface area contributed by atoms with Gasteiger partial charge in [-0.3, -0.25) is 0 Å². The highest BCUT2D eigenvalue weighted by Crippen LogP contribution is 2.19. The number of pyridine rings is 1. The van der Waals surface area contributed by atoms with Gasteiger partial charge in [-0.2, -0.15) is 0 Å². The summed E-state index contributed by atoms with van der Waals surface area (Å²) in [7, 11) is 0. The molecule has 2 rings (SSSR count). The van der Waals surface area contributed by atoms with Crippen molar-refractivity contribution in [3.05, 3.63) is 54.0 Å². The number of aliphatic imine (C=N–C) groups is 1. The molecule has 26 heavy (non-hydrogen) atoms. The number of guanidine groups is 1. The molecule has 0 radical (unpaired) electrons. The Hall–Kier alpha value is -1.90. The second-order valence-corrected chi connectivity index (χ2v) is 5.54. The molecule has 0 spiro atoms. The number of rotatable bonds is 8. The molecule has 5 nitrogen and oxygen atoms in total. The molecule has 0 aliphatic heterocycles. The van der Waals surface area contributed by atoms with E-state index in [0.29, 0.717) is 18.2 Å². The van der Waals surface area contributed by atoms with Crippen LogP contribution in [0.15, 0.2) is 47.6 Å². The van der Waals surface area contributed by atoms with Crippen molar-refractivity contribution in [3.8, 4) is 11.6 Å². The number of hydrogen-bond acceptors (Lipinski definition) is 3. The highest BCUT2D eigenvalue weighted by Gasteiger charge is 2.01. The smallest absolute Gasteiger partial charge is 0.219 e. The summed E-state index contributed by atoms with van der Waals surface area (Å²) in [5.74, 6) is 1.53. The number of nitrogens with one attached hydrogen (secondary N) is 2. The lowest BCUT2D eigenvalue weighted by atomic mass is 10.3. The number of unbranched alkanes of at least 4 members (excludes halogenated alkanes) is 1. The predicted octanol–water partition coefficient (Wildman–Crippen LogP) is 4.49. The first kappa shape index (κ1) is 22.1. The van der Waals surface area contributed by atoms with Gasteiger partial charge >= 0.3 is 0 Å². The van der Waals surface area contributed by atoms with Crippen molar-refractivity contribution in [2.24, 2.45) is 4.99 Å². The van der Waals surface area contributed by atoms with Crippen molar-refractivity contribution in [1.82, 2.24) is 15.6 Å². The van der Waals surface area contributed by atoms with Crippen LogP contribution in [0.4, 0.5) is 4.39 Å². The molecule has 0 fully saturated rings. The van der Waals surface area contributed by atoms with E-state index < -0.39 is 0 Å². The molecule has 0 aliphatic carbocycles. The molecule has 0 saturated heterocycles. The zero-order chi connectivity index (χ0) is 17.9. The molecule has 0 aliphatic rings. The molecule has 1 aromatic carbocycles. The first-order valence-electron chi connectivity index (χ1n) is 8.61. The van der Waals surface area contributed by atoms with Crippen LogP contribution in [0.5, 0.6) is 11.6 Å². The fourth-order valence-corrected chi connectivity index (χ4v) is 2.08. The fourth-order valence-electron chi connectivity index (χ4n) is 2.08. The van der Waals surface area contributed by atoms with Gasteiger partial charge in [0.25, 0.3) is 0 Å². The zero-order valence-electron chi connectivity index (χ0n) is 15.2. The van der Waals surface area contributed by atoms with Crippen molar-refractivity contribution in [2.45, 2.75) is 33.2 Å². The Bertz CT molecular complexity index is 662. The van der Waals surface area contributed by atoms with Crippen molar-refractivity contribution in [2.75, 3.05) is 13.1 Å². The quantitative estimate of drug-likeness (QED) is 0.257. The van der Waals surface area contributed by atoms with Crippen LogP contribution in [-0.4, -0.2) is 24.0 Å². The summed E-state index contributed by atoms with van der Waals surface area (Å²) in [5.41, 5.74) is 0.985. The maximum atomic E-state index is 12.9. The van der Waals surface area contributed by atoms with Gasteiger partial charge in [0.2, 0.25) is 5.88 Å². The molecular weight excluding hydrogens is 446 g/mol. The molecule has 7 heteroatoms. The van der Waals surface area contributed by atoms with Crippen LogP contribution >= 0.6 is 24.0 Å². The number of hydrogen-bond donors (Lipinski definition) is 2. The Kier molecular flexibility index (Phi) is 10.6. The van der Waals surface area contributed by atoms with Gasteiger partial charge in [0, 0.05) is 25.4 Å². The van der Waals surface area contributed by atoms with Crippen LogP contribution in [0.25, 0.3) is 0 Å². The first-order chi connectivity index (χ1) is 12.2. The lowest BCUT2D eigenvalue weighted by molar-refractivity contribution is 0.461. The number of nitrogens with zero attached hydrogens (tertiary/aromatic N) is 2. The normalized spacial score (nSPS) is 10.8. The van der Waals surface area contributed by atoms with Gasteiger partial charge in [0.1, 0.15) is 11.6 Å². The van der Waals surface area contributed by atoms with Crippen LogP contribution in [0.2, 0.25) is 0 Å². The van der Waals surface area contributed by atoms with Gasteiger partial charge in [-0.05, 0) is 43.2 Å². The average molecular weight is 472 g/mol. The standard InChI is InChI=1S/C19H25FN4O.HI/c1-3-5-12-22-19(21-4-2)24-14-15-6-11-18(23-13-15)25-17-9-7-16(20)8-10-17;/h6-11,13H,3-5,12,14H2,1-2H3,(H2,21,22,24);1H. The molecule has 1 heterocycles. The molecule has 0 unspecified atom stereocenters. The largest absolute Gasteiger partial charge is 0.439 e. The summed E-state index contributed by atoms with van der Waals surface area (Å²) in [4.78, 5) is 8.82. The van der Waals surface area contributed by atoms with Crippen molar-refractivity contribution in [1.29, 1.82) is 0 Å². The minimum atomic E-state index is -0.294. The van der Waals surface area contributed by atoms with Gasteiger partial charge < -0.3 is 15.4 Å². The van der Waals surface area contributed by atoms with E-state index in [0.717, 1.165) is 37.5 Å².